The topological polar surface area (TPSA) is 74.6 Å². The zero-order valence-corrected chi connectivity index (χ0v) is 15.8. The van der Waals surface area contributed by atoms with Gasteiger partial charge in [0.25, 0.3) is 5.91 Å². The van der Waals surface area contributed by atoms with Crippen LogP contribution in [0.3, 0.4) is 0 Å². The van der Waals surface area contributed by atoms with Gasteiger partial charge in [-0.05, 0) is 36.4 Å². The van der Waals surface area contributed by atoms with Crippen LogP contribution in [0, 0.1) is 0 Å². The fourth-order valence-corrected chi connectivity index (χ4v) is 3.84. The molecule has 2 N–H and O–H groups in total. The lowest BCUT2D eigenvalue weighted by Gasteiger charge is -2.24. The van der Waals surface area contributed by atoms with Crippen molar-refractivity contribution in [1.29, 1.82) is 0 Å². The van der Waals surface area contributed by atoms with Crippen molar-refractivity contribution in [2.24, 2.45) is 7.05 Å². The van der Waals surface area contributed by atoms with Crippen molar-refractivity contribution in [3.8, 4) is 5.75 Å². The Morgan fingerprint density at radius 1 is 1.14 bits per heavy atom. The molecule has 28 heavy (non-hydrogen) atoms. The molecule has 2 heterocycles. The summed E-state index contributed by atoms with van der Waals surface area (Å²) in [6.45, 7) is 0.926. The molecule has 0 saturated carbocycles. The Kier molecular flexibility index (Phi) is 4.77. The van der Waals surface area contributed by atoms with E-state index in [0.29, 0.717) is 24.9 Å². The van der Waals surface area contributed by atoms with E-state index in [9.17, 15) is 14.7 Å². The van der Waals surface area contributed by atoms with Crippen LogP contribution in [-0.2, 0) is 18.4 Å². The van der Waals surface area contributed by atoms with Crippen LogP contribution in [0.25, 0.3) is 10.8 Å². The van der Waals surface area contributed by atoms with E-state index in [2.05, 4.69) is 5.32 Å². The summed E-state index contributed by atoms with van der Waals surface area (Å²) in [6, 6.07) is 14.2. The van der Waals surface area contributed by atoms with Crippen molar-refractivity contribution < 1.29 is 14.7 Å². The molecular weight excluding hydrogens is 354 g/mol. The van der Waals surface area contributed by atoms with E-state index in [1.54, 1.807) is 17.0 Å². The Balaban J connectivity index is 1.53. The lowest BCUT2D eigenvalue weighted by Crippen LogP contribution is -2.45. The number of benzene rings is 2. The molecule has 144 valence electrons. The maximum absolute atomic E-state index is 13.1. The average molecular weight is 377 g/mol. The first-order chi connectivity index (χ1) is 13.6. The molecule has 2 amide bonds. The number of nitrogens with one attached hydrogen (secondary N) is 1. The minimum absolute atomic E-state index is 0.0297. The maximum atomic E-state index is 13.1. The number of likely N-dealkylation sites (tertiary alicyclic amines) is 1. The number of fused-ring (bicyclic) bond motifs is 1. The van der Waals surface area contributed by atoms with Crippen molar-refractivity contribution in [2.45, 2.75) is 25.4 Å². The van der Waals surface area contributed by atoms with Gasteiger partial charge in [0.2, 0.25) is 5.91 Å². The van der Waals surface area contributed by atoms with Gasteiger partial charge in [0, 0.05) is 30.9 Å². The van der Waals surface area contributed by atoms with Gasteiger partial charge in [-0.25, -0.2) is 0 Å². The van der Waals surface area contributed by atoms with E-state index < -0.39 is 6.04 Å². The number of aromatic nitrogens is 1. The molecule has 1 atom stereocenters. The summed E-state index contributed by atoms with van der Waals surface area (Å²) in [5.41, 5.74) is 1.23. The molecule has 1 aliphatic heterocycles. The van der Waals surface area contributed by atoms with Crippen molar-refractivity contribution in [3.63, 3.8) is 0 Å². The van der Waals surface area contributed by atoms with Gasteiger partial charge >= 0.3 is 0 Å². The third-order valence-electron chi connectivity index (χ3n) is 5.44. The standard InChI is InChI=1S/C22H23N3O3/c1-24-12-4-7-16(24)14-23-21(27)19-9-5-13-25(19)22(28)18-11-10-15-6-2-3-8-17(15)20(18)26/h2-4,6-8,10-12,19,26H,5,9,13-14H2,1H3,(H,23,27). The maximum Gasteiger partial charge on any atom is 0.258 e. The van der Waals surface area contributed by atoms with Crippen LogP contribution < -0.4 is 5.32 Å². The lowest BCUT2D eigenvalue weighted by atomic mass is 10.0. The van der Waals surface area contributed by atoms with Gasteiger partial charge in [-0.3, -0.25) is 9.59 Å². The van der Waals surface area contributed by atoms with Crippen LogP contribution in [0.5, 0.6) is 5.75 Å². The zero-order valence-electron chi connectivity index (χ0n) is 15.8. The van der Waals surface area contributed by atoms with E-state index in [0.717, 1.165) is 17.5 Å². The van der Waals surface area contributed by atoms with Gasteiger partial charge in [-0.1, -0.05) is 30.3 Å². The van der Waals surface area contributed by atoms with E-state index in [4.69, 9.17) is 0 Å². The number of amides is 2. The molecule has 1 saturated heterocycles. The first kappa shape index (κ1) is 18.1. The fraction of sp³-hybridized carbons (Fsp3) is 0.273. The van der Waals surface area contributed by atoms with E-state index >= 15 is 0 Å². The molecule has 0 radical (unpaired) electrons. The monoisotopic (exact) mass is 377 g/mol. The van der Waals surface area contributed by atoms with Gasteiger partial charge in [-0.15, -0.1) is 0 Å². The Morgan fingerprint density at radius 3 is 2.75 bits per heavy atom. The van der Waals surface area contributed by atoms with E-state index in [1.165, 1.54) is 0 Å². The molecule has 1 unspecified atom stereocenters. The van der Waals surface area contributed by atoms with Crippen molar-refractivity contribution in [3.05, 3.63) is 66.0 Å². The Morgan fingerprint density at radius 2 is 1.96 bits per heavy atom. The van der Waals surface area contributed by atoms with Gasteiger partial charge in [0.15, 0.2) is 0 Å². The molecule has 2 aromatic carbocycles. The van der Waals surface area contributed by atoms with Crippen molar-refractivity contribution in [1.82, 2.24) is 14.8 Å². The number of phenolic OH excluding ortho intramolecular Hbond substituents is 1. The second-order valence-electron chi connectivity index (χ2n) is 7.17. The fourth-order valence-electron chi connectivity index (χ4n) is 3.84. The van der Waals surface area contributed by atoms with Crippen LogP contribution in [-0.4, -0.2) is 39.0 Å². The SMILES string of the molecule is Cn1cccc1CNC(=O)C1CCCN1C(=O)c1ccc2ccccc2c1O. The summed E-state index contributed by atoms with van der Waals surface area (Å²) in [7, 11) is 1.93. The van der Waals surface area contributed by atoms with Crippen LogP contribution in [0.15, 0.2) is 54.7 Å². The molecule has 6 heteroatoms. The summed E-state index contributed by atoms with van der Waals surface area (Å²) in [6.07, 6.45) is 3.32. The number of carbonyl (C=O) groups excluding carboxylic acids is 2. The molecule has 3 aromatic rings. The Labute approximate surface area is 163 Å². The molecule has 1 aromatic heterocycles. The Hall–Kier alpha value is -3.28. The Bertz CT molecular complexity index is 1040. The highest BCUT2D eigenvalue weighted by Crippen LogP contribution is 2.31. The van der Waals surface area contributed by atoms with Crippen molar-refractivity contribution >= 4 is 22.6 Å². The summed E-state index contributed by atoms with van der Waals surface area (Å²) >= 11 is 0. The number of aromatic hydroxyl groups is 1. The first-order valence-corrected chi connectivity index (χ1v) is 9.46. The molecule has 6 nitrogen and oxygen atoms in total. The van der Waals surface area contributed by atoms with E-state index in [1.807, 2.05) is 54.2 Å². The normalized spacial score (nSPS) is 16.5. The summed E-state index contributed by atoms with van der Waals surface area (Å²) < 4.78 is 1.95. The average Bonchev–Trinajstić information content (AvgIpc) is 3.35. The number of carbonyl (C=O) groups is 2. The summed E-state index contributed by atoms with van der Waals surface area (Å²) in [5, 5.41) is 15.1. The highest BCUT2D eigenvalue weighted by molar-refractivity contribution is 6.05. The minimum atomic E-state index is -0.515. The quantitative estimate of drug-likeness (QED) is 0.734. The third-order valence-corrected chi connectivity index (χ3v) is 5.44. The van der Waals surface area contributed by atoms with Crippen LogP contribution >= 0.6 is 0 Å². The zero-order chi connectivity index (χ0) is 19.7. The summed E-state index contributed by atoms with van der Waals surface area (Å²) in [5.74, 6) is -0.495. The molecule has 4 rings (SSSR count). The van der Waals surface area contributed by atoms with Crippen LogP contribution in [0.1, 0.15) is 28.9 Å². The van der Waals surface area contributed by atoms with Gasteiger partial charge in [-0.2, -0.15) is 0 Å². The smallest absolute Gasteiger partial charge is 0.258 e. The predicted octanol–water partition coefficient (Wildman–Crippen LogP) is 2.80. The van der Waals surface area contributed by atoms with Gasteiger partial charge < -0.3 is 19.9 Å². The molecule has 1 fully saturated rings. The predicted molar refractivity (Wildman–Crippen MR) is 107 cm³/mol. The number of aryl methyl sites for hydroxylation is 1. The minimum Gasteiger partial charge on any atom is -0.506 e. The van der Waals surface area contributed by atoms with E-state index in [-0.39, 0.29) is 23.1 Å². The molecule has 1 aliphatic rings. The second-order valence-corrected chi connectivity index (χ2v) is 7.17. The number of rotatable bonds is 4. The highest BCUT2D eigenvalue weighted by Gasteiger charge is 2.35. The first-order valence-electron chi connectivity index (χ1n) is 9.46. The van der Waals surface area contributed by atoms with Gasteiger partial charge in [0.1, 0.15) is 11.8 Å². The van der Waals surface area contributed by atoms with Crippen molar-refractivity contribution in [2.75, 3.05) is 6.54 Å². The number of hydrogen-bond acceptors (Lipinski definition) is 3. The highest BCUT2D eigenvalue weighted by atomic mass is 16.3. The largest absolute Gasteiger partial charge is 0.506 e. The van der Waals surface area contributed by atoms with Crippen LogP contribution in [0.4, 0.5) is 0 Å². The lowest BCUT2D eigenvalue weighted by molar-refractivity contribution is -0.125. The molecule has 0 spiro atoms. The molecule has 0 aliphatic carbocycles. The summed E-state index contributed by atoms with van der Waals surface area (Å²) in [4.78, 5) is 27.4. The van der Waals surface area contributed by atoms with Crippen LogP contribution in [0.2, 0.25) is 0 Å². The molecular formula is C22H23N3O3. The third kappa shape index (κ3) is 3.22. The second kappa shape index (κ2) is 7.38. The number of phenols is 1. The van der Waals surface area contributed by atoms with Gasteiger partial charge in [0.05, 0.1) is 12.1 Å². The number of nitrogens with zero attached hydrogens (tertiary/aromatic N) is 2. The number of hydrogen-bond donors (Lipinski definition) is 2. The molecule has 0 bridgehead atoms.